The molecule has 0 fully saturated rings. The van der Waals surface area contributed by atoms with E-state index in [0.717, 1.165) is 34.9 Å². The average Bonchev–Trinajstić information content (AvgIpc) is 3.44. The van der Waals surface area contributed by atoms with Gasteiger partial charge >= 0.3 is 0 Å². The summed E-state index contributed by atoms with van der Waals surface area (Å²) in [5.41, 5.74) is 13.0. The lowest BCUT2D eigenvalue weighted by molar-refractivity contribution is 0.773. The van der Waals surface area contributed by atoms with Crippen LogP contribution in [0.4, 0.5) is 22.7 Å². The van der Waals surface area contributed by atoms with Crippen LogP contribution >= 0.6 is 0 Å². The van der Waals surface area contributed by atoms with Crippen LogP contribution in [0.1, 0.15) is 12.0 Å². The van der Waals surface area contributed by atoms with Crippen molar-refractivity contribution in [1.82, 2.24) is 0 Å². The van der Waals surface area contributed by atoms with E-state index in [4.69, 9.17) is 0 Å². The van der Waals surface area contributed by atoms with E-state index in [1.807, 2.05) is 30.4 Å². The fourth-order valence-electron chi connectivity index (χ4n) is 10.6. The molecule has 0 spiro atoms. The zero-order chi connectivity index (χ0) is 48.2. The smallest absolute Gasteiger partial charge is 0.0468 e. The van der Waals surface area contributed by atoms with Gasteiger partial charge in [-0.3, -0.25) is 0 Å². The Hall–Kier alpha value is -9.24. The molecule has 1 unspecified atom stereocenters. The van der Waals surface area contributed by atoms with Gasteiger partial charge in [-0.15, -0.1) is 0 Å². The third-order valence-electron chi connectivity index (χ3n) is 14.1. The van der Waals surface area contributed by atoms with Gasteiger partial charge in [0.1, 0.15) is 0 Å². The Balaban J connectivity index is 0.000000476. The first-order valence-electron chi connectivity index (χ1n) is 24.9. The van der Waals surface area contributed by atoms with Gasteiger partial charge in [-0.2, -0.15) is 0 Å². The maximum atomic E-state index is 3.83. The Bertz CT molecular complexity index is 3920. The zero-order valence-corrected chi connectivity index (χ0v) is 40.0. The van der Waals surface area contributed by atoms with Gasteiger partial charge < -0.3 is 10.2 Å². The van der Waals surface area contributed by atoms with Crippen molar-refractivity contribution >= 4 is 82.7 Å². The Morgan fingerprint density at radius 1 is 0.472 bits per heavy atom. The van der Waals surface area contributed by atoms with Crippen molar-refractivity contribution in [3.05, 3.63) is 296 Å². The topological polar surface area (TPSA) is 15.3 Å². The van der Waals surface area contributed by atoms with E-state index in [-0.39, 0.29) is 0 Å². The van der Waals surface area contributed by atoms with Crippen molar-refractivity contribution in [2.45, 2.75) is 6.42 Å². The van der Waals surface area contributed by atoms with Crippen molar-refractivity contribution in [3.63, 3.8) is 0 Å². The van der Waals surface area contributed by atoms with Crippen molar-refractivity contribution in [3.8, 4) is 22.3 Å². The van der Waals surface area contributed by atoms with Gasteiger partial charge in [0, 0.05) is 34.4 Å². The minimum Gasteiger partial charge on any atom is -0.356 e. The van der Waals surface area contributed by atoms with Crippen molar-refractivity contribution in [1.29, 1.82) is 0 Å². The van der Waals surface area contributed by atoms with Crippen LogP contribution in [0.25, 0.3) is 82.2 Å². The molecule has 2 heteroatoms. The lowest BCUT2D eigenvalue weighted by atomic mass is 9.84. The first-order valence-corrected chi connectivity index (χ1v) is 24.9. The highest BCUT2D eigenvalue weighted by Gasteiger charge is 2.22. The zero-order valence-electron chi connectivity index (χ0n) is 40.0. The van der Waals surface area contributed by atoms with Crippen LogP contribution in [0.5, 0.6) is 0 Å². The third kappa shape index (κ3) is 8.72. The van der Waals surface area contributed by atoms with Crippen LogP contribution in [0.15, 0.2) is 291 Å². The Kier molecular flexibility index (Phi) is 12.0. The van der Waals surface area contributed by atoms with Gasteiger partial charge in [-0.25, -0.2) is 0 Å². The van der Waals surface area contributed by atoms with E-state index in [2.05, 4.69) is 260 Å². The second kappa shape index (κ2) is 19.6. The number of hydrogen-bond donors (Lipinski definition) is 1. The van der Waals surface area contributed by atoms with Crippen molar-refractivity contribution < 1.29 is 0 Å². The lowest BCUT2D eigenvalue weighted by Gasteiger charge is -2.28. The molecule has 342 valence electrons. The molecule has 0 amide bonds. The lowest BCUT2D eigenvalue weighted by Crippen LogP contribution is -2.10. The predicted octanol–water partition coefficient (Wildman–Crippen LogP) is 19.5. The van der Waals surface area contributed by atoms with Gasteiger partial charge in [0.2, 0.25) is 0 Å². The normalized spacial score (nSPS) is 14.0. The molecule has 0 heterocycles. The van der Waals surface area contributed by atoms with Crippen molar-refractivity contribution in [2.75, 3.05) is 10.2 Å². The van der Waals surface area contributed by atoms with Crippen LogP contribution in [0.3, 0.4) is 0 Å². The Labute approximate surface area is 421 Å². The highest BCUT2D eigenvalue weighted by molar-refractivity contribution is 6.24. The highest BCUT2D eigenvalue weighted by atomic mass is 15.1. The van der Waals surface area contributed by atoms with Gasteiger partial charge in [0.25, 0.3) is 0 Å². The van der Waals surface area contributed by atoms with Crippen LogP contribution in [-0.4, -0.2) is 0 Å². The van der Waals surface area contributed by atoms with Crippen LogP contribution in [0.2, 0.25) is 0 Å². The molecule has 11 aromatic carbocycles. The minimum atomic E-state index is 0.449. The standard InChI is InChI=1S/C60H42N2.C10H10/c1-2-17-44(18-3-1)59-55-34-32-52(62(50-30-26-41-14-5-8-20-46(41)36-50)51-31-27-42-15-6-9-21-47(42)37-51)39-58(55)60(54-24-12-22-43-16-10-11-23-53(43)54)56-33-29-49(38-57(56)59)61-48-28-25-40-13-4-7-19-45(40)35-48;1-2-3-7-10-8-5-4-6-9-10/h1-24,26-40,61H,25H2;2-9H,1H2/b;7-3-. The maximum Gasteiger partial charge on any atom is 0.0468 e. The number of fused-ring (bicyclic) bond motifs is 6. The summed E-state index contributed by atoms with van der Waals surface area (Å²) in [5, 5.41) is 16.0. The Morgan fingerprint density at radius 3 is 1.81 bits per heavy atom. The molecule has 13 rings (SSSR count). The number of hydrogen-bond acceptors (Lipinski definition) is 2. The van der Waals surface area contributed by atoms with Gasteiger partial charge in [0.05, 0.1) is 0 Å². The summed E-state index contributed by atoms with van der Waals surface area (Å²) in [7, 11) is 0. The van der Waals surface area contributed by atoms with Gasteiger partial charge in [0.15, 0.2) is 0 Å². The summed E-state index contributed by atoms with van der Waals surface area (Å²) in [4.78, 5) is 2.43. The molecule has 2 nitrogen and oxygen atoms in total. The van der Waals surface area contributed by atoms with E-state index < -0.39 is 0 Å². The quantitative estimate of drug-likeness (QED) is 0.115. The predicted molar refractivity (Wildman–Crippen MR) is 311 cm³/mol. The molecule has 72 heavy (non-hydrogen) atoms. The maximum absolute atomic E-state index is 3.83. The molecule has 0 radical (unpaired) electrons. The second-order valence-electron chi connectivity index (χ2n) is 18.6. The molecule has 1 atom stereocenters. The van der Waals surface area contributed by atoms with Gasteiger partial charge in [-0.05, 0) is 148 Å². The summed E-state index contributed by atoms with van der Waals surface area (Å²) >= 11 is 0. The largest absolute Gasteiger partial charge is 0.356 e. The fourth-order valence-corrected chi connectivity index (χ4v) is 10.6. The molecule has 2 aliphatic carbocycles. The Morgan fingerprint density at radius 2 is 1.07 bits per heavy atom. The SMILES string of the molecule is C1=CC2=CC(Nc3ccc4c(-c5cccc6ccccc56)c5cc(N(c6ccc7ccccc7c6)c6ccc7ccccc7c6)ccc5c(-c5ccccc5)c4c3)=CCC2C=C1.C=C/C=C\c1ccccc1. The fraction of sp³-hybridized carbons (Fsp3) is 0.0286. The summed E-state index contributed by atoms with van der Waals surface area (Å²) in [6, 6.07) is 81.7. The summed E-state index contributed by atoms with van der Waals surface area (Å²) in [6.45, 7) is 3.59. The molecule has 0 saturated carbocycles. The average molecular weight is 921 g/mol. The minimum absolute atomic E-state index is 0.449. The number of rotatable bonds is 9. The van der Waals surface area contributed by atoms with Crippen LogP contribution < -0.4 is 10.2 Å². The van der Waals surface area contributed by atoms with Crippen LogP contribution in [0, 0.1) is 5.92 Å². The molecule has 11 aromatic rings. The van der Waals surface area contributed by atoms with E-state index >= 15 is 0 Å². The molecule has 2 aliphatic rings. The first kappa shape index (κ1) is 44.0. The monoisotopic (exact) mass is 920 g/mol. The molecule has 1 N–H and O–H groups in total. The van der Waals surface area contributed by atoms with Crippen molar-refractivity contribution in [2.24, 2.45) is 5.92 Å². The second-order valence-corrected chi connectivity index (χ2v) is 18.6. The van der Waals surface area contributed by atoms with E-state index in [1.54, 1.807) is 6.08 Å². The molecule has 0 aromatic heterocycles. The number of anilines is 4. The molecular weight excluding hydrogens is 869 g/mol. The number of allylic oxidation sites excluding steroid dienone is 9. The summed E-state index contributed by atoms with van der Waals surface area (Å²) in [6.07, 6.45) is 20.2. The molecule has 0 bridgehead atoms. The van der Waals surface area contributed by atoms with E-state index in [0.29, 0.717) is 5.92 Å². The summed E-state index contributed by atoms with van der Waals surface area (Å²) in [5.74, 6) is 0.449. The molecule has 0 aliphatic heterocycles. The molecule has 0 saturated heterocycles. The third-order valence-corrected chi connectivity index (χ3v) is 14.1. The molecular formula is C70H52N2. The highest BCUT2D eigenvalue weighted by Crippen LogP contribution is 2.49. The number of benzene rings is 11. The van der Waals surface area contributed by atoms with Gasteiger partial charge in [-0.1, -0.05) is 231 Å². The number of nitrogens with zero attached hydrogens (tertiary/aromatic N) is 1. The number of nitrogens with one attached hydrogen (secondary N) is 1. The van der Waals surface area contributed by atoms with E-state index in [9.17, 15) is 0 Å². The first-order chi connectivity index (χ1) is 35.6. The summed E-state index contributed by atoms with van der Waals surface area (Å²) < 4.78 is 0. The van der Waals surface area contributed by atoms with Crippen LogP contribution in [-0.2, 0) is 0 Å². The van der Waals surface area contributed by atoms with E-state index in [1.165, 1.54) is 87.3 Å².